The van der Waals surface area contributed by atoms with Gasteiger partial charge in [0.05, 0.1) is 11.7 Å². The molecular weight excluding hydrogens is 198 g/mol. The first-order valence-corrected chi connectivity index (χ1v) is 5.48. The molecule has 0 radical (unpaired) electrons. The van der Waals surface area contributed by atoms with E-state index in [2.05, 4.69) is 48.5 Å². The van der Waals surface area contributed by atoms with E-state index >= 15 is 0 Å². The Hall–Kier alpha value is -1.77. The molecule has 1 aromatic heterocycles. The molecular formula is C13H17N3. The lowest BCUT2D eigenvalue weighted by molar-refractivity contribution is 0.676. The number of nitrogens with zero attached hydrogens (tertiary/aromatic N) is 2. The second-order valence-corrected chi connectivity index (χ2v) is 4.12. The van der Waals surface area contributed by atoms with Crippen molar-refractivity contribution in [2.24, 2.45) is 7.05 Å². The molecule has 1 atom stereocenters. The van der Waals surface area contributed by atoms with Gasteiger partial charge < -0.3 is 5.32 Å². The molecule has 0 fully saturated rings. The average molecular weight is 215 g/mol. The first-order chi connectivity index (χ1) is 7.66. The Kier molecular flexibility index (Phi) is 2.95. The number of aryl methyl sites for hydroxylation is 2. The van der Waals surface area contributed by atoms with Crippen molar-refractivity contribution < 1.29 is 0 Å². The predicted molar refractivity (Wildman–Crippen MR) is 66.4 cm³/mol. The Morgan fingerprint density at radius 1 is 1.31 bits per heavy atom. The molecule has 1 unspecified atom stereocenters. The molecule has 84 valence electrons. The van der Waals surface area contributed by atoms with Crippen LogP contribution in [0, 0.1) is 6.92 Å². The highest BCUT2D eigenvalue weighted by molar-refractivity contribution is 5.46. The standard InChI is InChI=1S/C13H17N3/c1-10-5-4-6-12(9-10)15-11(2)13-7-8-14-16(13)3/h4-9,11,15H,1-3H3. The van der Waals surface area contributed by atoms with Gasteiger partial charge in [-0.1, -0.05) is 12.1 Å². The number of hydrogen-bond donors (Lipinski definition) is 1. The summed E-state index contributed by atoms with van der Waals surface area (Å²) in [7, 11) is 1.96. The summed E-state index contributed by atoms with van der Waals surface area (Å²) in [5.74, 6) is 0. The molecule has 0 amide bonds. The van der Waals surface area contributed by atoms with Crippen LogP contribution in [-0.4, -0.2) is 9.78 Å². The van der Waals surface area contributed by atoms with E-state index in [0.717, 1.165) is 5.69 Å². The van der Waals surface area contributed by atoms with E-state index in [-0.39, 0.29) is 6.04 Å². The summed E-state index contributed by atoms with van der Waals surface area (Å²) in [5.41, 5.74) is 3.59. The predicted octanol–water partition coefficient (Wildman–Crippen LogP) is 2.90. The van der Waals surface area contributed by atoms with Gasteiger partial charge in [-0.3, -0.25) is 4.68 Å². The van der Waals surface area contributed by atoms with Crippen LogP contribution >= 0.6 is 0 Å². The van der Waals surface area contributed by atoms with E-state index in [9.17, 15) is 0 Å². The molecule has 3 heteroatoms. The third-order valence-electron chi connectivity index (χ3n) is 2.70. The van der Waals surface area contributed by atoms with Crippen molar-refractivity contribution in [1.29, 1.82) is 0 Å². The first-order valence-electron chi connectivity index (χ1n) is 5.48. The Bertz CT molecular complexity index is 474. The van der Waals surface area contributed by atoms with Gasteiger partial charge in [0.2, 0.25) is 0 Å². The number of anilines is 1. The zero-order valence-electron chi connectivity index (χ0n) is 9.94. The van der Waals surface area contributed by atoms with Gasteiger partial charge in [-0.25, -0.2) is 0 Å². The topological polar surface area (TPSA) is 29.9 Å². The summed E-state index contributed by atoms with van der Waals surface area (Å²) in [4.78, 5) is 0. The maximum Gasteiger partial charge on any atom is 0.0653 e. The maximum absolute atomic E-state index is 4.17. The van der Waals surface area contributed by atoms with Crippen LogP contribution in [0.1, 0.15) is 24.2 Å². The molecule has 0 spiro atoms. The monoisotopic (exact) mass is 215 g/mol. The highest BCUT2D eigenvalue weighted by Gasteiger charge is 2.08. The third kappa shape index (κ3) is 2.24. The number of rotatable bonds is 3. The van der Waals surface area contributed by atoms with Gasteiger partial charge in [0.25, 0.3) is 0 Å². The van der Waals surface area contributed by atoms with Gasteiger partial charge in [0, 0.05) is 18.9 Å². The largest absolute Gasteiger partial charge is 0.377 e. The van der Waals surface area contributed by atoms with Crippen molar-refractivity contribution in [3.8, 4) is 0 Å². The quantitative estimate of drug-likeness (QED) is 0.853. The molecule has 1 heterocycles. The van der Waals surface area contributed by atoms with Crippen LogP contribution in [0.2, 0.25) is 0 Å². The molecule has 3 nitrogen and oxygen atoms in total. The van der Waals surface area contributed by atoms with Crippen molar-refractivity contribution in [3.05, 3.63) is 47.8 Å². The van der Waals surface area contributed by atoms with Gasteiger partial charge in [-0.2, -0.15) is 5.10 Å². The third-order valence-corrected chi connectivity index (χ3v) is 2.70. The highest BCUT2D eigenvalue weighted by atomic mass is 15.3. The summed E-state index contributed by atoms with van der Waals surface area (Å²) in [6.07, 6.45) is 1.82. The molecule has 2 aromatic rings. The zero-order chi connectivity index (χ0) is 11.5. The lowest BCUT2D eigenvalue weighted by Crippen LogP contribution is -2.11. The summed E-state index contributed by atoms with van der Waals surface area (Å²) < 4.78 is 1.90. The molecule has 0 aliphatic heterocycles. The fraction of sp³-hybridized carbons (Fsp3) is 0.308. The van der Waals surface area contributed by atoms with E-state index in [0.29, 0.717) is 0 Å². The Labute approximate surface area is 96.1 Å². The van der Waals surface area contributed by atoms with Crippen LogP contribution in [0.5, 0.6) is 0 Å². The smallest absolute Gasteiger partial charge is 0.0653 e. The molecule has 16 heavy (non-hydrogen) atoms. The molecule has 2 rings (SSSR count). The minimum Gasteiger partial charge on any atom is -0.377 e. The number of nitrogens with one attached hydrogen (secondary N) is 1. The van der Waals surface area contributed by atoms with E-state index in [1.165, 1.54) is 11.3 Å². The SMILES string of the molecule is Cc1cccc(NC(C)c2ccnn2C)c1. The maximum atomic E-state index is 4.17. The molecule has 0 saturated heterocycles. The highest BCUT2D eigenvalue weighted by Crippen LogP contribution is 2.18. The lowest BCUT2D eigenvalue weighted by Gasteiger charge is -2.15. The number of hydrogen-bond acceptors (Lipinski definition) is 2. The average Bonchev–Trinajstić information content (AvgIpc) is 2.64. The second kappa shape index (κ2) is 4.39. The fourth-order valence-electron chi connectivity index (χ4n) is 1.87. The van der Waals surface area contributed by atoms with Crippen LogP contribution < -0.4 is 5.32 Å². The van der Waals surface area contributed by atoms with E-state index in [4.69, 9.17) is 0 Å². The molecule has 1 N–H and O–H groups in total. The summed E-state index contributed by atoms with van der Waals surface area (Å²) in [6.45, 7) is 4.24. The van der Waals surface area contributed by atoms with Gasteiger partial charge in [0.1, 0.15) is 0 Å². The van der Waals surface area contributed by atoms with E-state index in [1.54, 1.807) is 0 Å². The van der Waals surface area contributed by atoms with Crippen LogP contribution in [-0.2, 0) is 7.05 Å². The lowest BCUT2D eigenvalue weighted by atomic mass is 10.2. The molecule has 0 bridgehead atoms. The Morgan fingerprint density at radius 2 is 2.12 bits per heavy atom. The van der Waals surface area contributed by atoms with Gasteiger partial charge in [-0.15, -0.1) is 0 Å². The number of aromatic nitrogens is 2. The van der Waals surface area contributed by atoms with Crippen LogP contribution in [0.15, 0.2) is 36.5 Å². The van der Waals surface area contributed by atoms with Crippen molar-refractivity contribution in [3.63, 3.8) is 0 Å². The van der Waals surface area contributed by atoms with Crippen molar-refractivity contribution >= 4 is 5.69 Å². The molecule has 0 aliphatic carbocycles. The minimum atomic E-state index is 0.259. The zero-order valence-corrected chi connectivity index (χ0v) is 9.94. The summed E-state index contributed by atoms with van der Waals surface area (Å²) in [6, 6.07) is 10.7. The van der Waals surface area contributed by atoms with Crippen LogP contribution in [0.4, 0.5) is 5.69 Å². The van der Waals surface area contributed by atoms with Gasteiger partial charge in [0.15, 0.2) is 0 Å². The van der Waals surface area contributed by atoms with Gasteiger partial charge in [-0.05, 0) is 37.6 Å². The molecule has 0 aliphatic rings. The van der Waals surface area contributed by atoms with E-state index < -0.39 is 0 Å². The Morgan fingerprint density at radius 3 is 2.75 bits per heavy atom. The Balaban J connectivity index is 2.14. The summed E-state index contributed by atoms with van der Waals surface area (Å²) >= 11 is 0. The van der Waals surface area contributed by atoms with Crippen molar-refractivity contribution in [2.75, 3.05) is 5.32 Å². The first kappa shape index (κ1) is 10.7. The van der Waals surface area contributed by atoms with Gasteiger partial charge >= 0.3 is 0 Å². The summed E-state index contributed by atoms with van der Waals surface area (Å²) in [5, 5.41) is 7.64. The number of benzene rings is 1. The van der Waals surface area contributed by atoms with Crippen LogP contribution in [0.25, 0.3) is 0 Å². The fourth-order valence-corrected chi connectivity index (χ4v) is 1.87. The second-order valence-electron chi connectivity index (χ2n) is 4.12. The molecule has 0 saturated carbocycles. The van der Waals surface area contributed by atoms with E-state index in [1.807, 2.05) is 24.0 Å². The normalized spacial score (nSPS) is 12.4. The van der Waals surface area contributed by atoms with Crippen molar-refractivity contribution in [2.45, 2.75) is 19.9 Å². The minimum absolute atomic E-state index is 0.259. The van der Waals surface area contributed by atoms with Crippen molar-refractivity contribution in [1.82, 2.24) is 9.78 Å². The molecule has 1 aromatic carbocycles. The van der Waals surface area contributed by atoms with Crippen LogP contribution in [0.3, 0.4) is 0 Å².